The van der Waals surface area contributed by atoms with E-state index < -0.39 is 0 Å². The molecule has 2 rings (SSSR count). The first kappa shape index (κ1) is 11.3. The van der Waals surface area contributed by atoms with Gasteiger partial charge >= 0.3 is 0 Å². The van der Waals surface area contributed by atoms with Gasteiger partial charge in [0.15, 0.2) is 5.82 Å². The molecule has 2 aromatic rings. The van der Waals surface area contributed by atoms with Crippen molar-refractivity contribution in [2.24, 2.45) is 0 Å². The van der Waals surface area contributed by atoms with Gasteiger partial charge in [-0.25, -0.2) is 0 Å². The Bertz CT molecular complexity index is 457. The van der Waals surface area contributed by atoms with Crippen LogP contribution >= 0.6 is 0 Å². The highest BCUT2D eigenvalue weighted by molar-refractivity contribution is 5.53. The van der Waals surface area contributed by atoms with Crippen LogP contribution in [0, 0.1) is 0 Å². The van der Waals surface area contributed by atoms with Crippen molar-refractivity contribution in [1.82, 2.24) is 15.2 Å². The van der Waals surface area contributed by atoms with Gasteiger partial charge < -0.3 is 10.6 Å². The van der Waals surface area contributed by atoms with E-state index in [9.17, 15) is 0 Å². The van der Waals surface area contributed by atoms with Gasteiger partial charge in [-0.3, -0.25) is 0 Å². The fraction of sp³-hybridized carbons (Fsp3) is 0.250. The molecule has 0 aliphatic rings. The third-order valence-electron chi connectivity index (χ3n) is 2.14. The van der Waals surface area contributed by atoms with Crippen LogP contribution in [0.3, 0.4) is 0 Å². The average Bonchev–Trinajstić information content (AvgIpc) is 2.38. The number of nitrogens with one attached hydrogen (secondary N) is 2. The molecule has 2 N–H and O–H groups in total. The molecule has 0 aliphatic heterocycles. The molecule has 0 saturated heterocycles. The van der Waals surface area contributed by atoms with E-state index in [1.54, 1.807) is 6.20 Å². The number of anilines is 3. The Morgan fingerprint density at radius 2 is 2.00 bits per heavy atom. The predicted molar refractivity (Wildman–Crippen MR) is 68.3 cm³/mol. The fourth-order valence-electron chi connectivity index (χ4n) is 1.35. The summed E-state index contributed by atoms with van der Waals surface area (Å²) >= 11 is 0. The summed E-state index contributed by atoms with van der Waals surface area (Å²) in [7, 11) is 0. The topological polar surface area (TPSA) is 62.7 Å². The first-order valence-corrected chi connectivity index (χ1v) is 5.64. The van der Waals surface area contributed by atoms with Crippen molar-refractivity contribution in [2.75, 3.05) is 17.2 Å². The first-order valence-electron chi connectivity index (χ1n) is 5.64. The van der Waals surface area contributed by atoms with Gasteiger partial charge in [0, 0.05) is 12.2 Å². The number of hydrogen-bond donors (Lipinski definition) is 2. The van der Waals surface area contributed by atoms with E-state index >= 15 is 0 Å². The number of nitrogens with zero attached hydrogens (tertiary/aromatic N) is 3. The third kappa shape index (κ3) is 3.41. The predicted octanol–water partition coefficient (Wildman–Crippen LogP) is 2.44. The molecule has 1 aromatic carbocycles. The smallest absolute Gasteiger partial charge is 0.249 e. The van der Waals surface area contributed by atoms with Crippen molar-refractivity contribution < 1.29 is 0 Å². The molecule has 0 radical (unpaired) electrons. The molecule has 0 amide bonds. The molecule has 0 saturated carbocycles. The van der Waals surface area contributed by atoms with Gasteiger partial charge in [-0.2, -0.15) is 10.1 Å². The van der Waals surface area contributed by atoms with Crippen molar-refractivity contribution in [3.8, 4) is 0 Å². The normalized spacial score (nSPS) is 9.94. The molecule has 5 nitrogen and oxygen atoms in total. The summed E-state index contributed by atoms with van der Waals surface area (Å²) in [4.78, 5) is 4.31. The van der Waals surface area contributed by atoms with Crippen LogP contribution in [0.1, 0.15) is 13.3 Å². The second-order valence-corrected chi connectivity index (χ2v) is 3.58. The number of hydrogen-bond acceptors (Lipinski definition) is 5. The second-order valence-electron chi connectivity index (χ2n) is 3.58. The maximum absolute atomic E-state index is 4.31. The molecule has 88 valence electrons. The minimum absolute atomic E-state index is 0.498. The van der Waals surface area contributed by atoms with Gasteiger partial charge in [0.05, 0.1) is 6.20 Å². The van der Waals surface area contributed by atoms with E-state index in [2.05, 4.69) is 32.7 Å². The van der Waals surface area contributed by atoms with Gasteiger partial charge in [-0.15, -0.1) is 5.10 Å². The molecule has 5 heteroatoms. The number of rotatable bonds is 5. The van der Waals surface area contributed by atoms with Crippen LogP contribution < -0.4 is 10.6 Å². The van der Waals surface area contributed by atoms with Crippen molar-refractivity contribution in [3.05, 3.63) is 36.5 Å². The molecule has 1 aromatic heterocycles. The maximum atomic E-state index is 4.31. The molecule has 0 spiro atoms. The molecule has 17 heavy (non-hydrogen) atoms. The van der Waals surface area contributed by atoms with Gasteiger partial charge in [0.25, 0.3) is 0 Å². The number of benzene rings is 1. The highest BCUT2D eigenvalue weighted by Gasteiger charge is 1.99. The van der Waals surface area contributed by atoms with E-state index in [-0.39, 0.29) is 0 Å². The average molecular weight is 229 g/mol. The molecule has 0 unspecified atom stereocenters. The molecule has 0 atom stereocenters. The van der Waals surface area contributed by atoms with Crippen LogP contribution in [0.4, 0.5) is 17.5 Å². The van der Waals surface area contributed by atoms with Crippen molar-refractivity contribution in [1.29, 1.82) is 0 Å². The van der Waals surface area contributed by atoms with Crippen molar-refractivity contribution >= 4 is 17.5 Å². The fourth-order valence-corrected chi connectivity index (χ4v) is 1.35. The van der Waals surface area contributed by atoms with E-state index in [0.717, 1.165) is 24.5 Å². The van der Waals surface area contributed by atoms with Crippen LogP contribution in [-0.4, -0.2) is 21.7 Å². The van der Waals surface area contributed by atoms with Crippen molar-refractivity contribution in [2.45, 2.75) is 13.3 Å². The quantitative estimate of drug-likeness (QED) is 0.824. The summed E-state index contributed by atoms with van der Waals surface area (Å²) in [6.45, 7) is 2.98. The molecule has 0 aliphatic carbocycles. The second kappa shape index (κ2) is 5.79. The van der Waals surface area contributed by atoms with Gasteiger partial charge in [-0.05, 0) is 18.6 Å². The highest BCUT2D eigenvalue weighted by atomic mass is 15.3. The van der Waals surface area contributed by atoms with Crippen LogP contribution in [0.25, 0.3) is 0 Å². The zero-order valence-electron chi connectivity index (χ0n) is 9.72. The lowest BCUT2D eigenvalue weighted by Gasteiger charge is -2.06. The van der Waals surface area contributed by atoms with E-state index in [1.807, 2.05) is 30.3 Å². The van der Waals surface area contributed by atoms with Gasteiger partial charge in [0.1, 0.15) is 0 Å². The van der Waals surface area contributed by atoms with Crippen LogP contribution in [0.5, 0.6) is 0 Å². The lowest BCUT2D eigenvalue weighted by Crippen LogP contribution is -2.05. The number of aromatic nitrogens is 3. The van der Waals surface area contributed by atoms with E-state index in [4.69, 9.17) is 0 Å². The molecular weight excluding hydrogens is 214 g/mol. The summed E-state index contributed by atoms with van der Waals surface area (Å²) in [6, 6.07) is 9.78. The Morgan fingerprint density at radius 1 is 1.18 bits per heavy atom. The van der Waals surface area contributed by atoms with Gasteiger partial charge in [-0.1, -0.05) is 25.1 Å². The highest BCUT2D eigenvalue weighted by Crippen LogP contribution is 2.12. The molecule has 1 heterocycles. The summed E-state index contributed by atoms with van der Waals surface area (Å²) in [5, 5.41) is 14.1. The summed E-state index contributed by atoms with van der Waals surface area (Å²) in [6.07, 6.45) is 2.66. The lowest BCUT2D eigenvalue weighted by atomic mass is 10.3. The molecule has 0 bridgehead atoms. The van der Waals surface area contributed by atoms with Crippen LogP contribution in [-0.2, 0) is 0 Å². The molecular formula is C12H15N5. The largest absolute Gasteiger partial charge is 0.369 e. The van der Waals surface area contributed by atoms with E-state index in [1.165, 1.54) is 0 Å². The first-order chi connectivity index (χ1) is 8.38. The lowest BCUT2D eigenvalue weighted by molar-refractivity contribution is 0.935. The van der Waals surface area contributed by atoms with Crippen LogP contribution in [0.15, 0.2) is 36.5 Å². The Labute approximate surface area is 100 Å². The Morgan fingerprint density at radius 3 is 2.76 bits per heavy atom. The standard InChI is InChI=1S/C12H15N5/c1-2-8-13-11-9-14-17-12(16-11)15-10-6-4-3-5-7-10/h3-7,9H,2,8H2,1H3,(H2,13,15,16,17). The zero-order valence-corrected chi connectivity index (χ0v) is 9.72. The van der Waals surface area contributed by atoms with Gasteiger partial charge in [0.2, 0.25) is 5.95 Å². The van der Waals surface area contributed by atoms with Crippen molar-refractivity contribution in [3.63, 3.8) is 0 Å². The van der Waals surface area contributed by atoms with Crippen LogP contribution in [0.2, 0.25) is 0 Å². The summed E-state index contributed by atoms with van der Waals surface area (Å²) < 4.78 is 0. The SMILES string of the molecule is CCCNc1cnnc(Nc2ccccc2)n1. The monoisotopic (exact) mass is 229 g/mol. The minimum atomic E-state index is 0.498. The zero-order chi connectivity index (χ0) is 11.9. The molecule has 0 fully saturated rings. The summed E-state index contributed by atoms with van der Waals surface area (Å²) in [5.41, 5.74) is 0.946. The van der Waals surface area contributed by atoms with E-state index in [0.29, 0.717) is 5.95 Å². The Kier molecular flexibility index (Phi) is 3.85. The Balaban J connectivity index is 2.06. The Hall–Kier alpha value is -2.17. The summed E-state index contributed by atoms with van der Waals surface area (Å²) in [5.74, 6) is 1.23. The minimum Gasteiger partial charge on any atom is -0.369 e. The number of para-hydroxylation sites is 1. The maximum Gasteiger partial charge on any atom is 0.249 e. The third-order valence-corrected chi connectivity index (χ3v) is 2.14.